The summed E-state index contributed by atoms with van der Waals surface area (Å²) in [7, 11) is 0. The number of pyridine rings is 1. The molecule has 3 unspecified atom stereocenters. The van der Waals surface area contributed by atoms with Gasteiger partial charge < -0.3 is 56.3 Å². The SMILES string of the molecule is Cc1c(Nc2nc3ccccc3s2)nnc2c1CCCN2c1ccc(-c2cnn(CC34CC5(OCC[N+]6(Cc7ccc(NC(=O)[C@H](CCCNC(N)=O)NC(=O)[C@@H](NC(=O)CCOCCN8C(=O)CC(C)C8=O)C(C)C)cc7)CCCC6)C[C@](C)(C3)C[C@](C)(C4)C5)c2C)c(CO)n1. The number of aliphatic hydroxyl groups excluding tert-OH is 1. The number of ether oxygens (including phenoxy) is 2. The predicted octanol–water partition coefficient (Wildman–Crippen LogP) is 9.04. The molecule has 7 heterocycles. The van der Waals surface area contributed by atoms with E-state index in [0.717, 1.165) is 162 Å². The number of fused-ring (bicyclic) bond motifs is 2. The Kier molecular flexibility index (Phi) is 20.2. The highest BCUT2D eigenvalue weighted by atomic mass is 32.1. The number of quaternary nitrogens is 1. The summed E-state index contributed by atoms with van der Waals surface area (Å²) in [6, 6.07) is 17.5. The van der Waals surface area contributed by atoms with Crippen LogP contribution in [0.15, 0.2) is 66.9 Å². The largest absolute Gasteiger partial charge is 0.390 e. The number of anilines is 5. The number of hydrogen-bond acceptors (Lipinski definition) is 17. The van der Waals surface area contributed by atoms with Gasteiger partial charge in [0.05, 0.1) is 73.8 Å². The van der Waals surface area contributed by atoms with Crippen molar-refractivity contribution in [3.63, 3.8) is 0 Å². The van der Waals surface area contributed by atoms with Gasteiger partial charge >= 0.3 is 6.03 Å². The fraction of sp³-hybridized carbons (Fsp3) is 0.569. The number of imide groups is 1. The van der Waals surface area contributed by atoms with Gasteiger partial charge in [0.2, 0.25) is 29.5 Å². The van der Waals surface area contributed by atoms with E-state index in [1.54, 1.807) is 32.1 Å². The third-order valence-corrected chi connectivity index (χ3v) is 22.3. The van der Waals surface area contributed by atoms with Crippen molar-refractivity contribution in [3.8, 4) is 11.1 Å². The van der Waals surface area contributed by atoms with Gasteiger partial charge in [0.1, 0.15) is 31.0 Å². The van der Waals surface area contributed by atoms with Crippen LogP contribution in [-0.2, 0) is 59.6 Å². The van der Waals surface area contributed by atoms with E-state index in [1.807, 2.05) is 42.6 Å². The van der Waals surface area contributed by atoms with Gasteiger partial charge in [0, 0.05) is 90.4 Å². The molecule has 6 aromatic rings. The number of hydrogen-bond donors (Lipinski definition) is 7. The van der Waals surface area contributed by atoms with Gasteiger partial charge in [0.25, 0.3) is 0 Å². The number of benzene rings is 2. The first-order chi connectivity index (χ1) is 46.4. The number of likely N-dealkylation sites (tertiary alicyclic amines) is 2. The molecule has 24 nitrogen and oxygen atoms in total. The molecule has 7 atom stereocenters. The van der Waals surface area contributed by atoms with Gasteiger partial charge in [-0.25, -0.2) is 14.8 Å². The van der Waals surface area contributed by atoms with E-state index in [2.05, 4.69) is 93.2 Å². The van der Waals surface area contributed by atoms with Crippen LogP contribution in [-0.4, -0.2) is 157 Å². The lowest BCUT2D eigenvalue weighted by molar-refractivity contribution is -0.930. The Morgan fingerprint density at radius 1 is 0.866 bits per heavy atom. The second-order valence-electron chi connectivity index (χ2n) is 29.9. The zero-order valence-electron chi connectivity index (χ0n) is 57.3. The van der Waals surface area contributed by atoms with Crippen molar-refractivity contribution in [1.82, 2.24) is 50.8 Å². The highest BCUT2D eigenvalue weighted by Crippen LogP contribution is 2.72. The number of nitrogens with two attached hydrogens (primary N) is 1. The third-order valence-electron chi connectivity index (χ3n) is 21.3. The fourth-order valence-electron chi connectivity index (χ4n) is 17.9. The Morgan fingerprint density at radius 2 is 1.63 bits per heavy atom. The fourth-order valence-corrected chi connectivity index (χ4v) is 18.7. The number of urea groups is 1. The Bertz CT molecular complexity index is 3870. The zero-order chi connectivity index (χ0) is 68.4. The van der Waals surface area contributed by atoms with Crippen LogP contribution in [0, 0.1) is 41.9 Å². The van der Waals surface area contributed by atoms with Gasteiger partial charge in [-0.05, 0) is 137 Å². The maximum absolute atomic E-state index is 14.1. The summed E-state index contributed by atoms with van der Waals surface area (Å²) in [5.74, 6) is -0.375. The number of rotatable bonds is 29. The minimum absolute atomic E-state index is 0.00206. The number of para-hydroxylation sites is 1. The molecule has 13 rings (SSSR count). The minimum atomic E-state index is -1.01. The van der Waals surface area contributed by atoms with E-state index in [4.69, 9.17) is 35.4 Å². The summed E-state index contributed by atoms with van der Waals surface area (Å²) in [5, 5.41) is 40.9. The summed E-state index contributed by atoms with van der Waals surface area (Å²) in [6.07, 6.45) is 13.2. The second-order valence-corrected chi connectivity index (χ2v) is 30.9. The van der Waals surface area contributed by atoms with Crippen LogP contribution in [0.1, 0.15) is 146 Å². The number of nitrogens with one attached hydrogen (secondary N) is 5. The number of nitrogens with zero attached hydrogens (tertiary/aromatic N) is 9. The van der Waals surface area contributed by atoms with Crippen molar-refractivity contribution in [1.29, 1.82) is 0 Å². The molecule has 4 aromatic heterocycles. The first-order valence-corrected chi connectivity index (χ1v) is 35.6. The number of primary amides is 1. The lowest BCUT2D eigenvalue weighted by Gasteiger charge is -2.69. The highest BCUT2D eigenvalue weighted by Gasteiger charge is 2.66. The lowest BCUT2D eigenvalue weighted by Crippen LogP contribution is -2.64. The summed E-state index contributed by atoms with van der Waals surface area (Å²) >= 11 is 1.59. The molecule has 7 amide bonds. The van der Waals surface area contributed by atoms with Crippen LogP contribution in [0.3, 0.4) is 0 Å². The van der Waals surface area contributed by atoms with Crippen molar-refractivity contribution in [2.24, 2.45) is 33.8 Å². The molecule has 0 radical (unpaired) electrons. The van der Waals surface area contributed by atoms with Gasteiger partial charge in [-0.3, -0.25) is 33.6 Å². The van der Waals surface area contributed by atoms with E-state index in [0.29, 0.717) is 30.2 Å². The van der Waals surface area contributed by atoms with Crippen LogP contribution in [0.2, 0.25) is 0 Å². The monoisotopic (exact) mass is 1350 g/mol. The molecule has 2 aromatic carbocycles. The molecule has 25 heteroatoms. The molecule has 6 fully saturated rings. The second kappa shape index (κ2) is 28.5. The molecule has 97 heavy (non-hydrogen) atoms. The average Bonchev–Trinajstić information content (AvgIpc) is 1.69. The van der Waals surface area contributed by atoms with E-state index >= 15 is 0 Å². The summed E-state index contributed by atoms with van der Waals surface area (Å²) in [6.45, 7) is 20.7. The van der Waals surface area contributed by atoms with Crippen LogP contribution in [0.25, 0.3) is 21.3 Å². The zero-order valence-corrected chi connectivity index (χ0v) is 58.1. The summed E-state index contributed by atoms with van der Waals surface area (Å²) in [4.78, 5) is 90.1. The predicted molar refractivity (Wildman–Crippen MR) is 370 cm³/mol. The van der Waals surface area contributed by atoms with Crippen molar-refractivity contribution >= 4 is 85.4 Å². The molecule has 0 spiro atoms. The third kappa shape index (κ3) is 15.3. The van der Waals surface area contributed by atoms with Gasteiger partial charge in [-0.2, -0.15) is 5.10 Å². The molecule has 4 saturated carbocycles. The van der Waals surface area contributed by atoms with Crippen molar-refractivity contribution in [2.75, 3.05) is 74.6 Å². The van der Waals surface area contributed by atoms with Crippen molar-refractivity contribution < 1.29 is 47.8 Å². The van der Waals surface area contributed by atoms with Crippen LogP contribution >= 0.6 is 11.3 Å². The lowest BCUT2D eigenvalue weighted by atomic mass is 9.39. The number of carbonyl (C=O) groups is 6. The molecule has 3 aliphatic heterocycles. The van der Waals surface area contributed by atoms with Crippen molar-refractivity contribution in [2.45, 2.75) is 176 Å². The Balaban J connectivity index is 0.661. The smallest absolute Gasteiger partial charge is 0.312 e. The number of thiazole rings is 1. The molecular formula is C72H96N15O9S+. The Hall–Kier alpha value is -7.97. The van der Waals surface area contributed by atoms with Gasteiger partial charge in [0.15, 0.2) is 16.8 Å². The van der Waals surface area contributed by atoms with Gasteiger partial charge in [-0.15, -0.1) is 10.2 Å². The molecule has 7 aliphatic rings. The van der Waals surface area contributed by atoms with E-state index in [9.17, 15) is 33.9 Å². The number of carbonyl (C=O) groups excluding carboxylic acids is 6. The molecule has 8 N–H and O–H groups in total. The average molecular weight is 1350 g/mol. The number of aromatic nitrogens is 6. The topological polar surface area (TPSA) is 303 Å². The maximum Gasteiger partial charge on any atom is 0.312 e. The van der Waals surface area contributed by atoms with Crippen molar-refractivity contribution in [3.05, 3.63) is 94.9 Å². The molecule has 518 valence electrons. The van der Waals surface area contributed by atoms with E-state index in [1.165, 1.54) is 11.3 Å². The number of amides is 7. The molecule has 2 saturated heterocycles. The first-order valence-electron chi connectivity index (χ1n) is 34.8. The van der Waals surface area contributed by atoms with E-state index in [-0.39, 0.29) is 97.7 Å². The van der Waals surface area contributed by atoms with Crippen LogP contribution in [0.5, 0.6) is 0 Å². The molecular weight excluding hydrogens is 1250 g/mol. The maximum atomic E-state index is 14.1. The first kappa shape index (κ1) is 69.0. The molecule has 4 aliphatic carbocycles. The van der Waals surface area contributed by atoms with E-state index < -0.39 is 35.8 Å². The summed E-state index contributed by atoms with van der Waals surface area (Å²) in [5.41, 5.74) is 13.7. The Labute approximate surface area is 571 Å². The van der Waals surface area contributed by atoms with Crippen LogP contribution in [0.4, 0.5) is 33.1 Å². The van der Waals surface area contributed by atoms with Crippen LogP contribution < -0.4 is 37.2 Å². The standard InChI is InChI=1S/C72H95N15O9S/c1-45(2)61(80-59(89)24-31-95-32-27-85-60(90)34-46(3)66(85)93)65(92)78-55(16-12-25-74-67(73)94)64(91)76-50-20-18-49(19-21-50)36-87(28-10-11-29-87)30-33-96-72-41-69(6)38-70(7,42-72)40-71(39-69,43-72)44-86-48(5)53(35-75-86)52-22-23-58(77-56(52)37-88)84-26-13-14-51-47(4)62(82-83-63(51)84)81-68-79-54-15-8-9-17-57(54)97-68/h8-9,15,17-23,35,45-46,55,61,88H,10-14,16,24-34,36-44H2,1-7H3,(H6-,73,74,76,78,79,80,81,82,89,91,92,94)/p+1/t46?,55-,61-,69-,70+,71?,72?/m0/s1. The minimum Gasteiger partial charge on any atom is -0.390 e. The summed E-state index contributed by atoms with van der Waals surface area (Å²) < 4.78 is 17.2. The quantitative estimate of drug-likeness (QED) is 0.0131. The van der Waals surface area contributed by atoms with Gasteiger partial charge in [-0.1, -0.05) is 70.2 Å². The number of aliphatic hydroxyl groups is 1. The molecule has 4 bridgehead atoms. The highest BCUT2D eigenvalue weighted by molar-refractivity contribution is 7.22. The Morgan fingerprint density at radius 3 is 2.34 bits per heavy atom. The normalized spacial score (nSPS) is 23.8.